The van der Waals surface area contributed by atoms with Crippen molar-refractivity contribution in [1.82, 2.24) is 0 Å². The van der Waals surface area contributed by atoms with E-state index in [4.69, 9.17) is 4.74 Å². The van der Waals surface area contributed by atoms with Crippen molar-refractivity contribution in [2.75, 3.05) is 11.9 Å². The Morgan fingerprint density at radius 1 is 1.33 bits per heavy atom. The number of aliphatic hydroxyl groups excluding tert-OH is 1. The highest BCUT2D eigenvalue weighted by Gasteiger charge is 2.10. The molecule has 0 radical (unpaired) electrons. The molecule has 1 amide bonds. The number of para-hydroxylation sites is 1. The summed E-state index contributed by atoms with van der Waals surface area (Å²) in [5.41, 5.74) is 1.37. The van der Waals surface area contributed by atoms with Crippen molar-refractivity contribution in [3.63, 3.8) is 0 Å². The molecule has 2 N–H and O–H groups in total. The Bertz CT molecular complexity index is 388. The molecule has 0 unspecified atom stereocenters. The number of amides is 1. The molecular formula is C14H21NO3. The van der Waals surface area contributed by atoms with E-state index in [9.17, 15) is 9.90 Å². The predicted molar refractivity (Wildman–Crippen MR) is 71.4 cm³/mol. The monoisotopic (exact) mass is 251 g/mol. The maximum atomic E-state index is 11.7. The number of carbonyl (C=O) groups is 1. The highest BCUT2D eigenvalue weighted by molar-refractivity contribution is 5.91. The second-order valence-electron chi connectivity index (χ2n) is 4.48. The van der Waals surface area contributed by atoms with Crippen molar-refractivity contribution >= 4 is 11.6 Å². The van der Waals surface area contributed by atoms with Crippen LogP contribution in [0.5, 0.6) is 0 Å². The van der Waals surface area contributed by atoms with Gasteiger partial charge in [0.15, 0.2) is 0 Å². The van der Waals surface area contributed by atoms with Crippen LogP contribution in [0, 0.1) is 0 Å². The van der Waals surface area contributed by atoms with E-state index in [0.29, 0.717) is 18.7 Å². The van der Waals surface area contributed by atoms with E-state index in [1.165, 1.54) is 0 Å². The first-order valence-electron chi connectivity index (χ1n) is 6.19. The molecule has 100 valence electrons. The van der Waals surface area contributed by atoms with Crippen LogP contribution in [0.2, 0.25) is 0 Å². The number of aliphatic hydroxyl groups is 1. The highest BCUT2D eigenvalue weighted by Crippen LogP contribution is 2.22. The molecule has 0 saturated carbocycles. The lowest BCUT2D eigenvalue weighted by atomic mass is 10.1. The summed E-state index contributed by atoms with van der Waals surface area (Å²) in [6, 6.07) is 7.24. The quantitative estimate of drug-likeness (QED) is 0.816. The van der Waals surface area contributed by atoms with Crippen molar-refractivity contribution in [3.8, 4) is 0 Å². The van der Waals surface area contributed by atoms with Crippen LogP contribution in [-0.4, -0.2) is 23.7 Å². The lowest BCUT2D eigenvalue weighted by Crippen LogP contribution is -2.17. The number of anilines is 1. The molecule has 0 heterocycles. The van der Waals surface area contributed by atoms with Crippen LogP contribution in [0.1, 0.15) is 38.9 Å². The Hall–Kier alpha value is -1.39. The van der Waals surface area contributed by atoms with Crippen LogP contribution in [-0.2, 0) is 9.53 Å². The molecule has 0 saturated heterocycles. The van der Waals surface area contributed by atoms with Crippen molar-refractivity contribution < 1.29 is 14.6 Å². The van der Waals surface area contributed by atoms with E-state index < -0.39 is 6.10 Å². The lowest BCUT2D eigenvalue weighted by molar-refractivity contribution is -0.117. The minimum atomic E-state index is -0.603. The first-order chi connectivity index (χ1) is 8.50. The summed E-state index contributed by atoms with van der Waals surface area (Å²) >= 11 is 0. The van der Waals surface area contributed by atoms with Gasteiger partial charge in [0, 0.05) is 11.3 Å². The third kappa shape index (κ3) is 4.85. The molecule has 0 aromatic heterocycles. The average Bonchev–Trinajstić information content (AvgIpc) is 2.28. The predicted octanol–water partition coefficient (Wildman–Crippen LogP) is 2.49. The number of nitrogens with one attached hydrogen (secondary N) is 1. The molecule has 0 bridgehead atoms. The lowest BCUT2D eigenvalue weighted by Gasteiger charge is -2.13. The van der Waals surface area contributed by atoms with E-state index in [2.05, 4.69) is 5.32 Å². The molecule has 1 atom stereocenters. The van der Waals surface area contributed by atoms with Crippen LogP contribution in [0.3, 0.4) is 0 Å². The second kappa shape index (κ2) is 7.13. The van der Waals surface area contributed by atoms with Gasteiger partial charge < -0.3 is 15.2 Å². The summed E-state index contributed by atoms with van der Waals surface area (Å²) in [7, 11) is 0. The largest absolute Gasteiger partial charge is 0.389 e. The van der Waals surface area contributed by atoms with Gasteiger partial charge in [0.25, 0.3) is 0 Å². The second-order valence-corrected chi connectivity index (χ2v) is 4.48. The molecule has 0 fully saturated rings. The third-order valence-electron chi connectivity index (χ3n) is 2.47. The summed E-state index contributed by atoms with van der Waals surface area (Å²) in [4.78, 5) is 11.7. The normalized spacial score (nSPS) is 12.5. The van der Waals surface area contributed by atoms with Crippen LogP contribution >= 0.6 is 0 Å². The molecule has 0 aliphatic carbocycles. The van der Waals surface area contributed by atoms with Gasteiger partial charge in [-0.25, -0.2) is 0 Å². The van der Waals surface area contributed by atoms with Gasteiger partial charge in [-0.1, -0.05) is 18.2 Å². The fourth-order valence-electron chi connectivity index (χ4n) is 1.58. The molecule has 4 nitrogen and oxygen atoms in total. The number of benzene rings is 1. The molecule has 1 aromatic rings. The summed E-state index contributed by atoms with van der Waals surface area (Å²) in [5, 5.41) is 12.4. The Labute approximate surface area is 108 Å². The van der Waals surface area contributed by atoms with Crippen LogP contribution in [0.25, 0.3) is 0 Å². The zero-order chi connectivity index (χ0) is 13.5. The summed E-state index contributed by atoms with van der Waals surface area (Å²) in [6.45, 7) is 5.94. The van der Waals surface area contributed by atoms with Crippen molar-refractivity contribution in [3.05, 3.63) is 29.8 Å². The number of ether oxygens (including phenoxy) is 1. The van der Waals surface area contributed by atoms with E-state index in [1.54, 1.807) is 19.1 Å². The molecule has 18 heavy (non-hydrogen) atoms. The number of hydrogen-bond acceptors (Lipinski definition) is 3. The van der Waals surface area contributed by atoms with E-state index in [1.807, 2.05) is 26.0 Å². The average molecular weight is 251 g/mol. The minimum absolute atomic E-state index is 0.108. The van der Waals surface area contributed by atoms with Gasteiger partial charge in [-0.3, -0.25) is 4.79 Å². The third-order valence-corrected chi connectivity index (χ3v) is 2.47. The number of carbonyl (C=O) groups excluding carboxylic acids is 1. The van der Waals surface area contributed by atoms with E-state index >= 15 is 0 Å². The Balaban J connectivity index is 2.54. The zero-order valence-electron chi connectivity index (χ0n) is 11.1. The van der Waals surface area contributed by atoms with Crippen LogP contribution < -0.4 is 5.32 Å². The van der Waals surface area contributed by atoms with Crippen LogP contribution in [0.15, 0.2) is 24.3 Å². The molecule has 0 aliphatic rings. The molecule has 0 spiro atoms. The first-order valence-corrected chi connectivity index (χ1v) is 6.19. The zero-order valence-corrected chi connectivity index (χ0v) is 11.1. The maximum Gasteiger partial charge on any atom is 0.226 e. The van der Waals surface area contributed by atoms with Gasteiger partial charge in [0.05, 0.1) is 25.2 Å². The van der Waals surface area contributed by atoms with Gasteiger partial charge in [-0.05, 0) is 26.8 Å². The molecule has 1 aromatic carbocycles. The Morgan fingerprint density at radius 3 is 2.61 bits per heavy atom. The highest BCUT2D eigenvalue weighted by atomic mass is 16.5. The number of rotatable bonds is 6. The first kappa shape index (κ1) is 14.7. The van der Waals surface area contributed by atoms with Gasteiger partial charge in [0.2, 0.25) is 5.91 Å². The van der Waals surface area contributed by atoms with Gasteiger partial charge in [-0.2, -0.15) is 0 Å². The Morgan fingerprint density at radius 2 is 2.00 bits per heavy atom. The van der Waals surface area contributed by atoms with Crippen molar-refractivity contribution in [2.24, 2.45) is 0 Å². The SMILES string of the molecule is CC(C)OCCC(=O)Nc1ccccc1[C@H](C)O. The standard InChI is InChI=1S/C14H21NO3/c1-10(2)18-9-8-14(17)15-13-7-5-4-6-12(13)11(3)16/h4-7,10-11,16H,8-9H2,1-3H3,(H,15,17)/t11-/m0/s1. The van der Waals surface area contributed by atoms with Crippen LogP contribution in [0.4, 0.5) is 5.69 Å². The summed E-state index contributed by atoms with van der Waals surface area (Å²) in [6.07, 6.45) is -0.164. The summed E-state index contributed by atoms with van der Waals surface area (Å²) in [5.74, 6) is -0.108. The van der Waals surface area contributed by atoms with E-state index in [-0.39, 0.29) is 12.0 Å². The minimum Gasteiger partial charge on any atom is -0.389 e. The summed E-state index contributed by atoms with van der Waals surface area (Å²) < 4.78 is 5.32. The van der Waals surface area contributed by atoms with E-state index in [0.717, 1.165) is 5.56 Å². The van der Waals surface area contributed by atoms with Gasteiger partial charge >= 0.3 is 0 Å². The fourth-order valence-corrected chi connectivity index (χ4v) is 1.58. The number of hydrogen-bond donors (Lipinski definition) is 2. The Kier molecular flexibility index (Phi) is 5.82. The van der Waals surface area contributed by atoms with Crippen molar-refractivity contribution in [2.45, 2.75) is 39.4 Å². The topological polar surface area (TPSA) is 58.6 Å². The fraction of sp³-hybridized carbons (Fsp3) is 0.500. The molecule has 0 aliphatic heterocycles. The van der Waals surface area contributed by atoms with Gasteiger partial charge in [0.1, 0.15) is 0 Å². The molecular weight excluding hydrogens is 230 g/mol. The molecule has 4 heteroatoms. The molecule has 1 rings (SSSR count). The smallest absolute Gasteiger partial charge is 0.226 e. The van der Waals surface area contributed by atoms with Gasteiger partial charge in [-0.15, -0.1) is 0 Å². The van der Waals surface area contributed by atoms with Crippen molar-refractivity contribution in [1.29, 1.82) is 0 Å². The maximum absolute atomic E-state index is 11.7.